The van der Waals surface area contributed by atoms with Crippen molar-refractivity contribution < 1.29 is 4.42 Å². The fourth-order valence-corrected chi connectivity index (χ4v) is 10.00. The highest BCUT2D eigenvalue weighted by molar-refractivity contribution is 6.98. The molecule has 2 nitrogen and oxygen atoms in total. The zero-order valence-electron chi connectivity index (χ0n) is 33.1. The van der Waals surface area contributed by atoms with Crippen LogP contribution in [-0.2, 0) is 0 Å². The average molecular weight is 764 g/mol. The van der Waals surface area contributed by atoms with Crippen LogP contribution in [0, 0.1) is 6.92 Å². The third-order valence-corrected chi connectivity index (χ3v) is 12.7. The normalized spacial score (nSPS) is 11.8. The Kier molecular flexibility index (Phi) is 7.89. The fraction of sp³-hybridized carbons (Fsp3) is 0.0175. The lowest BCUT2D eigenvalue weighted by Gasteiger charge is -2.30. The van der Waals surface area contributed by atoms with Gasteiger partial charge in [-0.2, -0.15) is 0 Å². The summed E-state index contributed by atoms with van der Waals surface area (Å²) in [7, 11) is 0. The first-order valence-electron chi connectivity index (χ1n) is 20.8. The molecular formula is C57H38BNO. The van der Waals surface area contributed by atoms with E-state index in [2.05, 4.69) is 218 Å². The Bertz CT molecular complexity index is 3580. The molecule has 0 bridgehead atoms. The van der Waals surface area contributed by atoms with Crippen LogP contribution in [0.3, 0.4) is 0 Å². The first-order valence-corrected chi connectivity index (χ1v) is 20.8. The number of para-hydroxylation sites is 3. The van der Waals surface area contributed by atoms with Crippen LogP contribution in [0.5, 0.6) is 0 Å². The minimum Gasteiger partial charge on any atom is -0.454 e. The molecule has 0 radical (unpaired) electrons. The smallest absolute Gasteiger partial charge is 0.243 e. The van der Waals surface area contributed by atoms with Crippen LogP contribution in [-0.4, -0.2) is 6.71 Å². The van der Waals surface area contributed by atoms with Crippen molar-refractivity contribution in [2.45, 2.75) is 6.92 Å². The molecule has 0 fully saturated rings. The maximum absolute atomic E-state index is 6.80. The van der Waals surface area contributed by atoms with E-state index in [9.17, 15) is 0 Å². The number of furan rings is 1. The number of hydrogen-bond donors (Lipinski definition) is 0. The van der Waals surface area contributed by atoms with E-state index in [1.807, 2.05) is 6.07 Å². The summed E-state index contributed by atoms with van der Waals surface area (Å²) >= 11 is 0. The Morgan fingerprint density at radius 1 is 0.367 bits per heavy atom. The molecule has 0 aliphatic carbocycles. The molecule has 0 unspecified atom stereocenters. The Balaban J connectivity index is 1.16. The van der Waals surface area contributed by atoms with Gasteiger partial charge in [-0.3, -0.25) is 0 Å². The third kappa shape index (κ3) is 5.29. The summed E-state index contributed by atoms with van der Waals surface area (Å²) in [6.07, 6.45) is 0. The molecule has 0 aliphatic heterocycles. The van der Waals surface area contributed by atoms with Gasteiger partial charge in [0, 0.05) is 21.7 Å². The molecule has 60 heavy (non-hydrogen) atoms. The molecule has 1 heterocycles. The monoisotopic (exact) mass is 763 g/mol. The molecule has 0 spiro atoms. The minimum absolute atomic E-state index is 0.0290. The van der Waals surface area contributed by atoms with Crippen LogP contribution in [0.2, 0.25) is 0 Å². The van der Waals surface area contributed by atoms with Gasteiger partial charge in [0.15, 0.2) is 5.58 Å². The standard InChI is InChI=1S/C57H38BNO/c1-37-15-5-10-24-48(37)58(49-25-13-19-38-18-6-7-20-42(38)49)50-35-31-40-30-34-47-52(36-32-41-29-33-46(50)55(40)56(41)47)59(51-26-11-8-21-43(51)39-16-3-2-4-17-39)53-27-14-23-45-44-22-9-12-28-54(44)60-57(45)53/h2-36H,1H3. The van der Waals surface area contributed by atoms with Crippen molar-refractivity contribution in [3.05, 3.63) is 218 Å². The average Bonchev–Trinajstić information content (AvgIpc) is 3.70. The van der Waals surface area contributed by atoms with Crippen LogP contribution in [0.4, 0.5) is 17.1 Å². The Morgan fingerprint density at radius 2 is 0.967 bits per heavy atom. The maximum atomic E-state index is 6.80. The largest absolute Gasteiger partial charge is 0.454 e. The molecule has 3 heteroatoms. The summed E-state index contributed by atoms with van der Waals surface area (Å²) in [6.45, 7) is 2.28. The van der Waals surface area contributed by atoms with Crippen LogP contribution in [0.25, 0.3) is 76.2 Å². The first kappa shape index (κ1) is 34.4. The SMILES string of the molecule is Cc1ccccc1B(c1cccc2ccccc12)c1ccc2ccc3c(N(c4ccccc4-c4ccccc4)c4cccc5c4oc4ccccc45)ccc4ccc1c2c43. The summed E-state index contributed by atoms with van der Waals surface area (Å²) in [4.78, 5) is 2.44. The highest BCUT2D eigenvalue weighted by Gasteiger charge is 2.29. The van der Waals surface area contributed by atoms with E-state index < -0.39 is 0 Å². The van der Waals surface area contributed by atoms with Gasteiger partial charge in [-0.1, -0.05) is 210 Å². The molecule has 0 saturated heterocycles. The van der Waals surface area contributed by atoms with E-state index in [1.54, 1.807) is 0 Å². The van der Waals surface area contributed by atoms with Gasteiger partial charge in [-0.05, 0) is 74.5 Å². The van der Waals surface area contributed by atoms with Crippen molar-refractivity contribution in [1.82, 2.24) is 0 Å². The Labute approximate surface area is 349 Å². The summed E-state index contributed by atoms with van der Waals surface area (Å²) < 4.78 is 6.80. The summed E-state index contributed by atoms with van der Waals surface area (Å²) in [6, 6.07) is 77.6. The fourth-order valence-electron chi connectivity index (χ4n) is 10.00. The van der Waals surface area contributed by atoms with Gasteiger partial charge in [0.2, 0.25) is 6.71 Å². The summed E-state index contributed by atoms with van der Waals surface area (Å²) in [5.41, 5.74) is 12.5. The van der Waals surface area contributed by atoms with Crippen LogP contribution >= 0.6 is 0 Å². The second-order valence-corrected chi connectivity index (χ2v) is 16.0. The lowest BCUT2D eigenvalue weighted by Crippen LogP contribution is -2.53. The number of anilines is 3. The van der Waals surface area contributed by atoms with E-state index in [1.165, 1.54) is 65.0 Å². The quantitative estimate of drug-likeness (QED) is 0.119. The molecule has 0 saturated carbocycles. The number of rotatable bonds is 7. The number of fused-ring (bicyclic) bond motifs is 4. The molecule has 0 amide bonds. The molecular weight excluding hydrogens is 725 g/mol. The Morgan fingerprint density at radius 3 is 1.85 bits per heavy atom. The summed E-state index contributed by atoms with van der Waals surface area (Å²) in [5, 5.41) is 12.2. The van der Waals surface area contributed by atoms with Gasteiger partial charge >= 0.3 is 0 Å². The predicted molar refractivity (Wildman–Crippen MR) is 257 cm³/mol. The van der Waals surface area contributed by atoms with Gasteiger partial charge in [0.25, 0.3) is 0 Å². The van der Waals surface area contributed by atoms with Crippen molar-refractivity contribution in [2.24, 2.45) is 0 Å². The van der Waals surface area contributed by atoms with Crippen LogP contribution in [0.1, 0.15) is 5.56 Å². The van der Waals surface area contributed by atoms with Gasteiger partial charge in [0.1, 0.15) is 5.58 Å². The maximum Gasteiger partial charge on any atom is 0.243 e. The van der Waals surface area contributed by atoms with Crippen LogP contribution < -0.4 is 21.3 Å². The van der Waals surface area contributed by atoms with E-state index in [4.69, 9.17) is 4.42 Å². The van der Waals surface area contributed by atoms with Gasteiger partial charge in [0.05, 0.1) is 17.1 Å². The predicted octanol–water partition coefficient (Wildman–Crippen LogP) is 13.6. The highest BCUT2D eigenvalue weighted by Crippen LogP contribution is 2.49. The molecule has 0 aliphatic rings. The summed E-state index contributed by atoms with van der Waals surface area (Å²) in [5.74, 6) is 0. The van der Waals surface area contributed by atoms with Crippen molar-refractivity contribution in [1.29, 1.82) is 0 Å². The third-order valence-electron chi connectivity index (χ3n) is 12.7. The van der Waals surface area contributed by atoms with Gasteiger partial charge in [-0.25, -0.2) is 0 Å². The first-order chi connectivity index (χ1) is 29.7. The number of aryl methyl sites for hydroxylation is 1. The number of benzene rings is 11. The van der Waals surface area contributed by atoms with E-state index in [0.717, 1.165) is 50.1 Å². The molecule has 12 rings (SSSR count). The molecule has 0 N–H and O–H groups in total. The zero-order valence-corrected chi connectivity index (χ0v) is 33.1. The van der Waals surface area contributed by atoms with Crippen molar-refractivity contribution in [2.75, 3.05) is 4.90 Å². The molecule has 1 aromatic heterocycles. The van der Waals surface area contributed by atoms with E-state index in [0.29, 0.717) is 0 Å². The zero-order chi connectivity index (χ0) is 39.7. The van der Waals surface area contributed by atoms with E-state index in [-0.39, 0.29) is 6.71 Å². The van der Waals surface area contributed by atoms with Crippen LogP contribution in [0.15, 0.2) is 217 Å². The van der Waals surface area contributed by atoms with Gasteiger partial charge in [-0.15, -0.1) is 0 Å². The lowest BCUT2D eigenvalue weighted by molar-refractivity contribution is 0.669. The molecule has 280 valence electrons. The number of hydrogen-bond acceptors (Lipinski definition) is 2. The topological polar surface area (TPSA) is 16.4 Å². The second-order valence-electron chi connectivity index (χ2n) is 16.0. The highest BCUT2D eigenvalue weighted by atomic mass is 16.3. The van der Waals surface area contributed by atoms with E-state index >= 15 is 0 Å². The number of nitrogens with zero attached hydrogens (tertiary/aromatic N) is 1. The molecule has 11 aromatic carbocycles. The lowest BCUT2D eigenvalue weighted by atomic mass is 9.35. The van der Waals surface area contributed by atoms with Crippen molar-refractivity contribution >= 4 is 105 Å². The minimum atomic E-state index is 0.0290. The molecule has 0 atom stereocenters. The van der Waals surface area contributed by atoms with Crippen molar-refractivity contribution in [3.8, 4) is 11.1 Å². The Hall–Kier alpha value is -7.62. The molecule has 12 aromatic rings. The van der Waals surface area contributed by atoms with Gasteiger partial charge < -0.3 is 9.32 Å². The second kappa shape index (κ2) is 13.8. The van der Waals surface area contributed by atoms with Crippen molar-refractivity contribution in [3.63, 3.8) is 0 Å².